The lowest BCUT2D eigenvalue weighted by Gasteiger charge is -2.18. The van der Waals surface area contributed by atoms with E-state index in [9.17, 15) is 9.90 Å². The molecule has 1 aliphatic rings. The highest BCUT2D eigenvalue weighted by molar-refractivity contribution is 5.95. The van der Waals surface area contributed by atoms with E-state index in [1.807, 2.05) is 13.0 Å². The number of nitrogens with one attached hydrogen (secondary N) is 1. The number of aryl methyl sites for hydroxylation is 1. The first-order valence-corrected chi connectivity index (χ1v) is 7.16. The highest BCUT2D eigenvalue weighted by Gasteiger charge is 2.14. The number of phenols is 1. The second-order valence-corrected chi connectivity index (χ2v) is 5.12. The molecule has 0 atom stereocenters. The Balaban J connectivity index is 1.68. The molecule has 6 nitrogen and oxygen atoms in total. The van der Waals surface area contributed by atoms with Gasteiger partial charge in [-0.05, 0) is 42.8 Å². The lowest BCUT2D eigenvalue weighted by molar-refractivity contribution is 0.0954. The minimum Gasteiger partial charge on any atom is -0.507 e. The number of benzene rings is 2. The van der Waals surface area contributed by atoms with E-state index >= 15 is 0 Å². The maximum absolute atomic E-state index is 12.1. The number of hydrogen-bond acceptors (Lipinski definition) is 5. The van der Waals surface area contributed by atoms with Crippen LogP contribution in [0.1, 0.15) is 21.5 Å². The predicted octanol–water partition coefficient (Wildman–Crippen LogP) is 2.24. The third-order valence-corrected chi connectivity index (χ3v) is 3.36. The van der Waals surface area contributed by atoms with Gasteiger partial charge >= 0.3 is 0 Å². The maximum Gasteiger partial charge on any atom is 0.271 e. The van der Waals surface area contributed by atoms with E-state index in [1.165, 1.54) is 6.21 Å². The maximum atomic E-state index is 12.1. The molecule has 0 bridgehead atoms. The first-order valence-electron chi connectivity index (χ1n) is 7.16. The van der Waals surface area contributed by atoms with Gasteiger partial charge in [0.25, 0.3) is 5.91 Å². The Morgan fingerprint density at radius 1 is 1.17 bits per heavy atom. The van der Waals surface area contributed by atoms with Crippen molar-refractivity contribution >= 4 is 12.1 Å². The van der Waals surface area contributed by atoms with Crippen molar-refractivity contribution in [3.63, 3.8) is 0 Å². The Bertz CT molecular complexity index is 771. The molecule has 1 amide bonds. The predicted molar refractivity (Wildman–Crippen MR) is 85.3 cm³/mol. The Hall–Kier alpha value is -3.02. The second kappa shape index (κ2) is 6.39. The van der Waals surface area contributed by atoms with Crippen molar-refractivity contribution in [2.75, 3.05) is 13.2 Å². The minimum atomic E-state index is -0.371. The zero-order chi connectivity index (χ0) is 16.2. The molecular weight excluding hydrogens is 296 g/mol. The van der Waals surface area contributed by atoms with Crippen LogP contribution in [0.5, 0.6) is 17.2 Å². The summed E-state index contributed by atoms with van der Waals surface area (Å²) in [6.07, 6.45) is 1.39. The van der Waals surface area contributed by atoms with Crippen molar-refractivity contribution in [2.45, 2.75) is 6.92 Å². The molecule has 0 radical (unpaired) electrons. The molecule has 1 heterocycles. The number of rotatable bonds is 3. The van der Waals surface area contributed by atoms with Crippen LogP contribution in [0.25, 0.3) is 0 Å². The fourth-order valence-electron chi connectivity index (χ4n) is 2.17. The minimum absolute atomic E-state index is 0.113. The molecule has 0 fully saturated rings. The van der Waals surface area contributed by atoms with Gasteiger partial charge in [-0.2, -0.15) is 5.10 Å². The van der Waals surface area contributed by atoms with Crippen LogP contribution in [0, 0.1) is 6.92 Å². The monoisotopic (exact) mass is 312 g/mol. The van der Waals surface area contributed by atoms with Crippen LogP contribution >= 0.6 is 0 Å². The fourth-order valence-corrected chi connectivity index (χ4v) is 2.17. The van der Waals surface area contributed by atoms with Crippen molar-refractivity contribution in [1.82, 2.24) is 5.43 Å². The molecule has 0 aliphatic carbocycles. The standard InChI is InChI=1S/C17H16N2O4/c1-11-2-3-13(14(20)8-11)10-18-19-17(21)12-4-5-15-16(9-12)23-7-6-22-15/h2-5,8-10,20H,6-7H2,1H3,(H,19,21)/b18-10-. The molecular formula is C17H16N2O4. The van der Waals surface area contributed by atoms with Gasteiger partial charge in [-0.3, -0.25) is 4.79 Å². The van der Waals surface area contributed by atoms with Gasteiger partial charge in [0.2, 0.25) is 0 Å². The quantitative estimate of drug-likeness (QED) is 0.673. The Labute approximate surface area is 133 Å². The van der Waals surface area contributed by atoms with E-state index in [0.29, 0.717) is 35.8 Å². The molecule has 1 aliphatic heterocycles. The third kappa shape index (κ3) is 3.42. The molecule has 0 saturated heterocycles. The van der Waals surface area contributed by atoms with Crippen molar-refractivity contribution in [3.8, 4) is 17.2 Å². The number of phenolic OH excluding ortho intramolecular Hbond substituents is 1. The van der Waals surface area contributed by atoms with Crippen molar-refractivity contribution in [1.29, 1.82) is 0 Å². The summed E-state index contributed by atoms with van der Waals surface area (Å²) in [6, 6.07) is 10.2. The highest BCUT2D eigenvalue weighted by Crippen LogP contribution is 2.30. The van der Waals surface area contributed by atoms with Crippen molar-refractivity contribution in [3.05, 3.63) is 53.1 Å². The van der Waals surface area contributed by atoms with E-state index < -0.39 is 0 Å². The van der Waals surface area contributed by atoms with Gasteiger partial charge < -0.3 is 14.6 Å². The van der Waals surface area contributed by atoms with Crippen LogP contribution in [0.2, 0.25) is 0 Å². The lowest BCUT2D eigenvalue weighted by atomic mass is 10.1. The van der Waals surface area contributed by atoms with E-state index in [-0.39, 0.29) is 11.7 Å². The zero-order valence-electron chi connectivity index (χ0n) is 12.6. The molecule has 3 rings (SSSR count). The van der Waals surface area contributed by atoms with Gasteiger partial charge in [-0.25, -0.2) is 5.43 Å². The summed E-state index contributed by atoms with van der Waals surface area (Å²) in [4.78, 5) is 12.1. The normalized spacial score (nSPS) is 13.1. The number of hydrogen-bond donors (Lipinski definition) is 2. The van der Waals surface area contributed by atoms with Crippen LogP contribution in [0.3, 0.4) is 0 Å². The number of hydrazone groups is 1. The number of carbonyl (C=O) groups excluding carboxylic acids is 1. The van der Waals surface area contributed by atoms with Gasteiger partial charge in [0.05, 0.1) is 6.21 Å². The summed E-state index contributed by atoms with van der Waals surface area (Å²) in [5.74, 6) is 0.914. The Morgan fingerprint density at radius 3 is 2.74 bits per heavy atom. The van der Waals surface area contributed by atoms with Crippen LogP contribution in [0.4, 0.5) is 0 Å². The Morgan fingerprint density at radius 2 is 1.96 bits per heavy atom. The largest absolute Gasteiger partial charge is 0.507 e. The van der Waals surface area contributed by atoms with E-state index in [1.54, 1.807) is 30.3 Å². The van der Waals surface area contributed by atoms with Gasteiger partial charge in [0.15, 0.2) is 11.5 Å². The van der Waals surface area contributed by atoms with E-state index in [0.717, 1.165) is 5.56 Å². The summed E-state index contributed by atoms with van der Waals surface area (Å²) in [7, 11) is 0. The molecule has 6 heteroatoms. The molecule has 2 N–H and O–H groups in total. The van der Waals surface area contributed by atoms with Gasteiger partial charge in [-0.15, -0.1) is 0 Å². The zero-order valence-corrected chi connectivity index (χ0v) is 12.6. The number of amides is 1. The summed E-state index contributed by atoms with van der Waals surface area (Å²) in [6.45, 7) is 2.84. The van der Waals surface area contributed by atoms with Crippen LogP contribution in [0.15, 0.2) is 41.5 Å². The summed E-state index contributed by atoms with van der Waals surface area (Å²) in [5, 5.41) is 13.6. The molecule has 0 saturated carbocycles. The van der Waals surface area contributed by atoms with Gasteiger partial charge in [0.1, 0.15) is 19.0 Å². The molecule has 0 aromatic heterocycles. The average Bonchev–Trinajstić information content (AvgIpc) is 2.56. The SMILES string of the molecule is Cc1ccc(/C=N\NC(=O)c2ccc3c(c2)OCCO3)c(O)c1. The molecule has 2 aromatic carbocycles. The topological polar surface area (TPSA) is 80.2 Å². The number of nitrogens with zero attached hydrogens (tertiary/aromatic N) is 1. The van der Waals surface area contributed by atoms with Crippen LogP contribution in [-0.4, -0.2) is 30.4 Å². The molecule has 118 valence electrons. The average molecular weight is 312 g/mol. The van der Waals surface area contributed by atoms with Gasteiger partial charge in [0, 0.05) is 11.1 Å². The van der Waals surface area contributed by atoms with Crippen molar-refractivity contribution < 1.29 is 19.4 Å². The molecule has 2 aromatic rings. The van der Waals surface area contributed by atoms with Crippen LogP contribution in [-0.2, 0) is 0 Å². The third-order valence-electron chi connectivity index (χ3n) is 3.36. The molecule has 0 spiro atoms. The first kappa shape index (κ1) is 14.9. The number of carbonyl (C=O) groups is 1. The molecule has 0 unspecified atom stereocenters. The first-order chi connectivity index (χ1) is 11.1. The van der Waals surface area contributed by atoms with Crippen molar-refractivity contribution in [2.24, 2.45) is 5.10 Å². The summed E-state index contributed by atoms with van der Waals surface area (Å²) < 4.78 is 10.8. The van der Waals surface area contributed by atoms with Crippen LogP contribution < -0.4 is 14.9 Å². The lowest BCUT2D eigenvalue weighted by Crippen LogP contribution is -2.19. The second-order valence-electron chi connectivity index (χ2n) is 5.12. The summed E-state index contributed by atoms with van der Waals surface area (Å²) >= 11 is 0. The highest BCUT2D eigenvalue weighted by atomic mass is 16.6. The van der Waals surface area contributed by atoms with Gasteiger partial charge in [-0.1, -0.05) is 6.07 Å². The number of aromatic hydroxyl groups is 1. The smallest absolute Gasteiger partial charge is 0.271 e. The molecule has 23 heavy (non-hydrogen) atoms. The van der Waals surface area contributed by atoms with E-state index in [2.05, 4.69) is 10.5 Å². The Kier molecular flexibility index (Phi) is 4.14. The number of ether oxygens (including phenoxy) is 2. The number of fused-ring (bicyclic) bond motifs is 1. The summed E-state index contributed by atoms with van der Waals surface area (Å²) in [5.41, 5.74) is 4.31. The fraction of sp³-hybridized carbons (Fsp3) is 0.176. The van der Waals surface area contributed by atoms with E-state index in [4.69, 9.17) is 9.47 Å².